The molecule has 2 N–H and O–H groups in total. The van der Waals surface area contributed by atoms with Gasteiger partial charge in [0, 0.05) is 29.5 Å². The zero-order valence-electron chi connectivity index (χ0n) is 11.4. The molecule has 3 nitrogen and oxygen atoms in total. The van der Waals surface area contributed by atoms with Crippen LogP contribution in [0.5, 0.6) is 5.75 Å². The number of hydrogen-bond acceptors (Lipinski definition) is 3. The lowest BCUT2D eigenvalue weighted by molar-refractivity contribution is 0.199. The molecule has 2 aliphatic heterocycles. The molecule has 3 rings (SSSR count). The second-order valence-electron chi connectivity index (χ2n) is 5.60. The van der Waals surface area contributed by atoms with E-state index >= 15 is 0 Å². The van der Waals surface area contributed by atoms with Crippen molar-refractivity contribution in [3.05, 3.63) is 28.3 Å². The largest absolute Gasteiger partial charge is 0.493 e. The third-order valence-corrected chi connectivity index (χ3v) is 4.76. The average Bonchev–Trinajstić information content (AvgIpc) is 2.87. The fourth-order valence-corrected chi connectivity index (χ4v) is 3.58. The van der Waals surface area contributed by atoms with Gasteiger partial charge in [-0.2, -0.15) is 0 Å². The highest BCUT2D eigenvalue weighted by Gasteiger charge is 2.23. The zero-order chi connectivity index (χ0) is 14.1. The van der Waals surface area contributed by atoms with Crippen LogP contribution in [-0.4, -0.2) is 29.6 Å². The number of likely N-dealkylation sites (tertiary alicyclic amines) is 1. The number of thiocarbonyl (C=S) groups is 1. The molecule has 0 aromatic heterocycles. The van der Waals surface area contributed by atoms with Crippen molar-refractivity contribution in [3.8, 4) is 5.75 Å². The minimum absolute atomic E-state index is 0.405. The van der Waals surface area contributed by atoms with Crippen LogP contribution >= 0.6 is 23.8 Å². The lowest BCUT2D eigenvalue weighted by atomic mass is 9.96. The fourth-order valence-electron chi connectivity index (χ4n) is 3.08. The average molecular weight is 311 g/mol. The SMILES string of the molecule is NC(=S)C1CCN(Cc2cc(Cl)cc3c2OCC3)CC1. The summed E-state index contributed by atoms with van der Waals surface area (Å²) >= 11 is 11.3. The molecule has 108 valence electrons. The maximum atomic E-state index is 6.20. The molecule has 1 fully saturated rings. The van der Waals surface area contributed by atoms with Crippen molar-refractivity contribution in [1.29, 1.82) is 0 Å². The van der Waals surface area contributed by atoms with Crippen LogP contribution in [-0.2, 0) is 13.0 Å². The van der Waals surface area contributed by atoms with E-state index in [1.54, 1.807) is 0 Å². The van der Waals surface area contributed by atoms with Crippen LogP contribution in [0.25, 0.3) is 0 Å². The normalized spacial score (nSPS) is 19.6. The predicted molar refractivity (Wildman–Crippen MR) is 85.4 cm³/mol. The summed E-state index contributed by atoms with van der Waals surface area (Å²) in [7, 11) is 0. The molecule has 0 unspecified atom stereocenters. The number of ether oxygens (including phenoxy) is 1. The molecule has 2 aliphatic rings. The number of halogens is 1. The van der Waals surface area contributed by atoms with E-state index in [9.17, 15) is 0 Å². The first-order chi connectivity index (χ1) is 9.63. The minimum Gasteiger partial charge on any atom is -0.493 e. The Morgan fingerprint density at radius 3 is 2.85 bits per heavy atom. The molecule has 0 bridgehead atoms. The van der Waals surface area contributed by atoms with Gasteiger partial charge in [0.15, 0.2) is 0 Å². The lowest BCUT2D eigenvalue weighted by Crippen LogP contribution is -2.37. The molecule has 0 saturated carbocycles. The number of hydrogen-bond donors (Lipinski definition) is 1. The van der Waals surface area contributed by atoms with Crippen molar-refractivity contribution in [1.82, 2.24) is 4.90 Å². The highest BCUT2D eigenvalue weighted by molar-refractivity contribution is 7.80. The Morgan fingerprint density at radius 2 is 2.15 bits per heavy atom. The quantitative estimate of drug-likeness (QED) is 0.871. The topological polar surface area (TPSA) is 38.5 Å². The van der Waals surface area contributed by atoms with Gasteiger partial charge in [-0.3, -0.25) is 4.90 Å². The van der Waals surface area contributed by atoms with Gasteiger partial charge in [0.05, 0.1) is 11.6 Å². The van der Waals surface area contributed by atoms with Crippen LogP contribution in [0.2, 0.25) is 5.02 Å². The summed E-state index contributed by atoms with van der Waals surface area (Å²) in [6, 6.07) is 4.05. The molecule has 0 amide bonds. The Morgan fingerprint density at radius 1 is 1.40 bits per heavy atom. The van der Waals surface area contributed by atoms with Crippen LogP contribution < -0.4 is 10.5 Å². The number of nitrogens with two attached hydrogens (primary N) is 1. The first-order valence-electron chi connectivity index (χ1n) is 7.09. The van der Waals surface area contributed by atoms with E-state index in [4.69, 9.17) is 34.3 Å². The van der Waals surface area contributed by atoms with E-state index in [-0.39, 0.29) is 0 Å². The smallest absolute Gasteiger partial charge is 0.127 e. The number of fused-ring (bicyclic) bond motifs is 1. The Balaban J connectivity index is 1.69. The summed E-state index contributed by atoms with van der Waals surface area (Å²) in [4.78, 5) is 3.10. The molecular weight excluding hydrogens is 292 g/mol. The van der Waals surface area contributed by atoms with Crippen LogP contribution in [0.4, 0.5) is 0 Å². The number of benzene rings is 1. The highest BCUT2D eigenvalue weighted by atomic mass is 35.5. The van der Waals surface area contributed by atoms with Gasteiger partial charge < -0.3 is 10.5 Å². The van der Waals surface area contributed by atoms with Crippen molar-refractivity contribution >= 4 is 28.8 Å². The summed E-state index contributed by atoms with van der Waals surface area (Å²) in [5.41, 5.74) is 8.18. The molecule has 0 radical (unpaired) electrons. The van der Waals surface area contributed by atoms with Crippen LogP contribution in [0.15, 0.2) is 12.1 Å². The first-order valence-corrected chi connectivity index (χ1v) is 7.88. The molecule has 20 heavy (non-hydrogen) atoms. The fraction of sp³-hybridized carbons (Fsp3) is 0.533. The Labute approximate surface area is 130 Å². The minimum atomic E-state index is 0.405. The Hall–Kier alpha value is -0.840. The molecule has 0 spiro atoms. The van der Waals surface area contributed by atoms with Crippen molar-refractivity contribution < 1.29 is 4.74 Å². The van der Waals surface area contributed by atoms with Crippen molar-refractivity contribution in [2.75, 3.05) is 19.7 Å². The van der Waals surface area contributed by atoms with Crippen molar-refractivity contribution in [2.24, 2.45) is 11.7 Å². The molecule has 1 aromatic carbocycles. The Bertz CT molecular complexity index is 527. The summed E-state index contributed by atoms with van der Waals surface area (Å²) < 4.78 is 5.76. The standard InChI is InChI=1S/C15H19ClN2OS/c16-13-7-11-3-6-19-14(11)12(8-13)9-18-4-1-10(2-5-18)15(17)20/h7-8,10H,1-6,9H2,(H2,17,20). The van der Waals surface area contributed by atoms with Crippen LogP contribution in [0.3, 0.4) is 0 Å². The third-order valence-electron chi connectivity index (χ3n) is 4.21. The third kappa shape index (κ3) is 2.92. The first kappa shape index (κ1) is 14.1. The van der Waals surface area contributed by atoms with Gasteiger partial charge in [-0.15, -0.1) is 0 Å². The van der Waals surface area contributed by atoms with Crippen molar-refractivity contribution in [3.63, 3.8) is 0 Å². The molecule has 1 aromatic rings. The molecule has 0 aliphatic carbocycles. The summed E-state index contributed by atoms with van der Waals surface area (Å²) in [5.74, 6) is 1.45. The summed E-state index contributed by atoms with van der Waals surface area (Å²) in [6.45, 7) is 3.73. The van der Waals surface area contributed by atoms with Gasteiger partial charge in [-0.25, -0.2) is 0 Å². The van der Waals surface area contributed by atoms with Gasteiger partial charge in [0.1, 0.15) is 5.75 Å². The molecule has 0 atom stereocenters. The maximum absolute atomic E-state index is 6.20. The summed E-state index contributed by atoms with van der Waals surface area (Å²) in [6.07, 6.45) is 3.07. The lowest BCUT2D eigenvalue weighted by Gasteiger charge is -2.31. The molecule has 5 heteroatoms. The van der Waals surface area contributed by atoms with Crippen LogP contribution in [0, 0.1) is 5.92 Å². The van der Waals surface area contributed by atoms with E-state index in [1.165, 1.54) is 11.1 Å². The van der Waals surface area contributed by atoms with E-state index in [0.29, 0.717) is 10.9 Å². The van der Waals surface area contributed by atoms with Gasteiger partial charge in [0.25, 0.3) is 0 Å². The van der Waals surface area contributed by atoms with Gasteiger partial charge in [0.2, 0.25) is 0 Å². The van der Waals surface area contributed by atoms with Gasteiger partial charge in [-0.05, 0) is 43.6 Å². The summed E-state index contributed by atoms with van der Waals surface area (Å²) in [5, 5.41) is 0.808. The maximum Gasteiger partial charge on any atom is 0.127 e. The monoisotopic (exact) mass is 310 g/mol. The molecular formula is C15H19ClN2OS. The second-order valence-corrected chi connectivity index (χ2v) is 6.51. The zero-order valence-corrected chi connectivity index (χ0v) is 13.0. The van der Waals surface area contributed by atoms with Crippen LogP contribution in [0.1, 0.15) is 24.0 Å². The number of piperidine rings is 1. The predicted octanol–water partition coefficient (Wildman–Crippen LogP) is 2.77. The van der Waals surface area contributed by atoms with Gasteiger partial charge >= 0.3 is 0 Å². The number of rotatable bonds is 3. The number of nitrogens with zero attached hydrogens (tertiary/aromatic N) is 1. The highest BCUT2D eigenvalue weighted by Crippen LogP contribution is 2.34. The van der Waals surface area contributed by atoms with E-state index in [0.717, 1.165) is 56.3 Å². The second kappa shape index (κ2) is 5.88. The van der Waals surface area contributed by atoms with Gasteiger partial charge in [-0.1, -0.05) is 23.8 Å². The molecule has 2 heterocycles. The van der Waals surface area contributed by atoms with E-state index in [1.807, 2.05) is 12.1 Å². The molecule has 1 saturated heterocycles. The van der Waals surface area contributed by atoms with E-state index in [2.05, 4.69) is 4.90 Å². The Kier molecular flexibility index (Phi) is 4.15. The van der Waals surface area contributed by atoms with Crippen molar-refractivity contribution in [2.45, 2.75) is 25.8 Å². The van der Waals surface area contributed by atoms with E-state index < -0.39 is 0 Å².